The zero-order valence-corrected chi connectivity index (χ0v) is 12.4. The maximum atomic E-state index is 14.1. The molecule has 2 fully saturated rings. The van der Waals surface area contributed by atoms with Crippen molar-refractivity contribution in [1.29, 1.82) is 0 Å². The molecule has 2 unspecified atom stereocenters. The Hall–Kier alpha value is -1.46. The fraction of sp³-hybridized carbons (Fsp3) is 0.562. The van der Waals surface area contributed by atoms with E-state index in [0.29, 0.717) is 12.1 Å². The molecule has 21 heavy (non-hydrogen) atoms. The second kappa shape index (κ2) is 6.12. The van der Waals surface area contributed by atoms with E-state index in [9.17, 15) is 9.18 Å². The van der Waals surface area contributed by atoms with Gasteiger partial charge in [-0.25, -0.2) is 4.39 Å². The molecule has 0 spiro atoms. The van der Waals surface area contributed by atoms with Crippen molar-refractivity contribution in [2.75, 3.05) is 26.2 Å². The Morgan fingerprint density at radius 3 is 2.95 bits per heavy atom. The largest absolute Gasteiger partial charge is 0.317 e. The number of rotatable bonds is 3. The predicted molar refractivity (Wildman–Crippen MR) is 79.1 cm³/mol. The van der Waals surface area contributed by atoms with Gasteiger partial charge in [0.15, 0.2) is 0 Å². The van der Waals surface area contributed by atoms with Crippen LogP contribution in [0, 0.1) is 5.82 Å². The summed E-state index contributed by atoms with van der Waals surface area (Å²) in [5.41, 5.74) is 0.567. The topological polar surface area (TPSA) is 35.6 Å². The van der Waals surface area contributed by atoms with E-state index in [4.69, 9.17) is 0 Å². The first-order valence-electron chi connectivity index (χ1n) is 7.72. The van der Waals surface area contributed by atoms with Crippen LogP contribution in [0.3, 0.4) is 0 Å². The predicted octanol–water partition coefficient (Wildman–Crippen LogP) is 1.74. The molecule has 1 aromatic rings. The van der Waals surface area contributed by atoms with Gasteiger partial charge in [-0.05, 0) is 32.0 Å². The number of nitrogens with zero attached hydrogens (tertiary/aromatic N) is 2. The van der Waals surface area contributed by atoms with Gasteiger partial charge in [-0.3, -0.25) is 10.1 Å². The summed E-state index contributed by atoms with van der Waals surface area (Å²) < 4.78 is 14.1. The number of benzene rings is 1. The second-order valence-electron chi connectivity index (χ2n) is 5.80. The number of nitrogens with one attached hydrogen (secondary N) is 1. The summed E-state index contributed by atoms with van der Waals surface area (Å²) in [5.74, 6) is -0.177. The first-order valence-corrected chi connectivity index (χ1v) is 7.72. The number of carbonyl (C=O) groups excluding carboxylic acids is 1. The minimum absolute atomic E-state index is 0.0752. The van der Waals surface area contributed by atoms with Gasteiger partial charge in [0.1, 0.15) is 12.0 Å². The molecule has 1 N–H and O–H groups in total. The van der Waals surface area contributed by atoms with E-state index in [-0.39, 0.29) is 23.9 Å². The van der Waals surface area contributed by atoms with E-state index < -0.39 is 0 Å². The van der Waals surface area contributed by atoms with E-state index in [1.54, 1.807) is 12.1 Å². The van der Waals surface area contributed by atoms with Gasteiger partial charge in [0.25, 0.3) is 0 Å². The van der Waals surface area contributed by atoms with Gasteiger partial charge in [-0.1, -0.05) is 25.1 Å². The Morgan fingerprint density at radius 1 is 1.38 bits per heavy atom. The molecule has 1 amide bonds. The normalized spacial score (nSPS) is 27.3. The minimum Gasteiger partial charge on any atom is -0.317 e. The van der Waals surface area contributed by atoms with Crippen molar-refractivity contribution in [3.8, 4) is 0 Å². The summed E-state index contributed by atoms with van der Waals surface area (Å²) in [6.45, 7) is 5.40. The number of hydrogen-bond donors (Lipinski definition) is 1. The molecule has 0 aromatic heterocycles. The monoisotopic (exact) mass is 291 g/mol. The van der Waals surface area contributed by atoms with Gasteiger partial charge in [0, 0.05) is 18.2 Å². The molecule has 0 aliphatic carbocycles. The van der Waals surface area contributed by atoms with Gasteiger partial charge >= 0.3 is 0 Å². The van der Waals surface area contributed by atoms with Gasteiger partial charge in [-0.2, -0.15) is 0 Å². The zero-order chi connectivity index (χ0) is 14.8. The molecular weight excluding hydrogens is 269 g/mol. The third-order valence-corrected chi connectivity index (χ3v) is 4.53. The smallest absolute Gasteiger partial charge is 0.238 e. The average Bonchev–Trinajstić information content (AvgIpc) is 2.89. The summed E-state index contributed by atoms with van der Waals surface area (Å²) in [4.78, 5) is 16.5. The molecule has 0 saturated carbocycles. The van der Waals surface area contributed by atoms with Gasteiger partial charge in [0.2, 0.25) is 5.91 Å². The summed E-state index contributed by atoms with van der Waals surface area (Å²) in [6.07, 6.45) is 1.75. The summed E-state index contributed by atoms with van der Waals surface area (Å²) in [6, 6.07) is 6.89. The molecule has 0 radical (unpaired) electrons. The van der Waals surface area contributed by atoms with Crippen LogP contribution in [0.1, 0.15) is 31.5 Å². The summed E-state index contributed by atoms with van der Waals surface area (Å²) in [5, 5.41) is 3.16. The molecule has 2 aliphatic rings. The van der Waals surface area contributed by atoms with Crippen molar-refractivity contribution in [2.24, 2.45) is 0 Å². The fourth-order valence-electron chi connectivity index (χ4n) is 3.43. The van der Waals surface area contributed by atoms with Gasteiger partial charge < -0.3 is 9.80 Å². The number of hydrogen-bond acceptors (Lipinski definition) is 3. The highest BCUT2D eigenvalue weighted by molar-refractivity contribution is 5.81. The Bertz CT molecular complexity index is 522. The van der Waals surface area contributed by atoms with Crippen LogP contribution in [0.5, 0.6) is 0 Å². The number of likely N-dealkylation sites (N-methyl/N-ethyl adjacent to an activating group) is 1. The van der Waals surface area contributed by atoms with Crippen molar-refractivity contribution < 1.29 is 9.18 Å². The molecule has 2 heterocycles. The highest BCUT2D eigenvalue weighted by atomic mass is 19.1. The second-order valence-corrected chi connectivity index (χ2v) is 5.80. The van der Waals surface area contributed by atoms with Crippen LogP contribution in [0.15, 0.2) is 24.3 Å². The van der Waals surface area contributed by atoms with Crippen molar-refractivity contribution in [2.45, 2.75) is 32.0 Å². The van der Waals surface area contributed by atoms with Crippen molar-refractivity contribution >= 4 is 5.91 Å². The molecular formula is C16H22FN3O. The number of carbonyl (C=O) groups is 1. The van der Waals surface area contributed by atoms with Gasteiger partial charge in [0.05, 0.1) is 6.54 Å². The third-order valence-electron chi connectivity index (χ3n) is 4.53. The van der Waals surface area contributed by atoms with Crippen LogP contribution in [0.2, 0.25) is 0 Å². The average molecular weight is 291 g/mol. The number of halogens is 1. The lowest BCUT2D eigenvalue weighted by Crippen LogP contribution is -2.49. The van der Waals surface area contributed by atoms with Crippen LogP contribution in [-0.2, 0) is 4.79 Å². The lowest BCUT2D eigenvalue weighted by Gasteiger charge is -2.39. The molecule has 2 atom stereocenters. The first-order chi connectivity index (χ1) is 10.2. The fourth-order valence-corrected chi connectivity index (χ4v) is 3.43. The van der Waals surface area contributed by atoms with E-state index in [0.717, 1.165) is 32.5 Å². The maximum absolute atomic E-state index is 14.1. The third kappa shape index (κ3) is 2.80. The van der Waals surface area contributed by atoms with Gasteiger partial charge in [-0.15, -0.1) is 0 Å². The van der Waals surface area contributed by atoms with Crippen LogP contribution >= 0.6 is 0 Å². The molecule has 114 valence electrons. The minimum atomic E-state index is -0.333. The number of likely N-dealkylation sites (tertiary alicyclic amines) is 1. The van der Waals surface area contributed by atoms with Crippen LogP contribution < -0.4 is 5.32 Å². The standard InChI is InChI=1S/C16H22FN3O/c1-2-19-9-5-6-12(11-19)20-15(21)10-18-16(20)13-7-3-4-8-14(13)17/h3-4,7-8,12,16,18H,2,5-6,9-11H2,1H3. The molecule has 3 rings (SSSR count). The van der Waals surface area contributed by atoms with E-state index in [1.165, 1.54) is 6.07 Å². The summed E-state index contributed by atoms with van der Waals surface area (Å²) in [7, 11) is 0. The lowest BCUT2D eigenvalue weighted by molar-refractivity contribution is -0.131. The highest BCUT2D eigenvalue weighted by Crippen LogP contribution is 2.29. The van der Waals surface area contributed by atoms with Crippen LogP contribution in [-0.4, -0.2) is 47.9 Å². The van der Waals surface area contributed by atoms with Crippen molar-refractivity contribution in [3.05, 3.63) is 35.6 Å². The maximum Gasteiger partial charge on any atom is 0.238 e. The van der Waals surface area contributed by atoms with Crippen LogP contribution in [0.4, 0.5) is 4.39 Å². The quantitative estimate of drug-likeness (QED) is 0.921. The Balaban J connectivity index is 1.84. The van der Waals surface area contributed by atoms with E-state index in [2.05, 4.69) is 17.1 Å². The molecule has 0 bridgehead atoms. The Morgan fingerprint density at radius 2 is 2.19 bits per heavy atom. The van der Waals surface area contributed by atoms with Crippen molar-refractivity contribution in [1.82, 2.24) is 15.1 Å². The van der Waals surface area contributed by atoms with E-state index in [1.807, 2.05) is 11.0 Å². The lowest BCUT2D eigenvalue weighted by atomic mass is 10.0. The Labute approximate surface area is 124 Å². The zero-order valence-electron chi connectivity index (χ0n) is 12.4. The SMILES string of the molecule is CCN1CCCC(N2C(=O)CNC2c2ccccc2F)C1. The molecule has 4 nitrogen and oxygen atoms in total. The molecule has 1 aromatic carbocycles. The van der Waals surface area contributed by atoms with Crippen LogP contribution in [0.25, 0.3) is 0 Å². The first kappa shape index (κ1) is 14.5. The molecule has 2 saturated heterocycles. The summed E-state index contributed by atoms with van der Waals surface area (Å²) >= 11 is 0. The molecule has 2 aliphatic heterocycles. The van der Waals surface area contributed by atoms with E-state index >= 15 is 0 Å². The highest BCUT2D eigenvalue weighted by Gasteiger charge is 2.39. The molecule has 5 heteroatoms. The number of amides is 1. The Kier molecular flexibility index (Phi) is 4.22. The van der Waals surface area contributed by atoms with Crippen molar-refractivity contribution in [3.63, 3.8) is 0 Å². The number of piperidine rings is 1.